The van der Waals surface area contributed by atoms with Gasteiger partial charge in [-0.3, -0.25) is 4.79 Å². The van der Waals surface area contributed by atoms with Crippen LogP contribution >= 0.6 is 0 Å². The molecule has 0 aliphatic carbocycles. The van der Waals surface area contributed by atoms with Crippen LogP contribution in [0, 0.1) is 5.82 Å². The summed E-state index contributed by atoms with van der Waals surface area (Å²) in [6.45, 7) is 3.52. The molecule has 0 spiro atoms. The van der Waals surface area contributed by atoms with Crippen LogP contribution in [0.1, 0.15) is 25.8 Å². The molecule has 98 valence electrons. The van der Waals surface area contributed by atoms with Crippen molar-refractivity contribution in [3.05, 3.63) is 41.7 Å². The highest BCUT2D eigenvalue weighted by Crippen LogP contribution is 2.16. The fraction of sp³-hybridized carbons (Fsp3) is 0.357. The first kappa shape index (κ1) is 14.4. The molecule has 0 saturated heterocycles. The predicted molar refractivity (Wildman–Crippen MR) is 69.4 cm³/mol. The number of allylic oxidation sites excluding steroid dienone is 1. The summed E-state index contributed by atoms with van der Waals surface area (Å²) in [5, 5.41) is 11.4. The van der Waals surface area contributed by atoms with Crippen LogP contribution in [0.2, 0.25) is 0 Å². The molecule has 4 heteroatoms. The number of benzene rings is 1. The highest BCUT2D eigenvalue weighted by Gasteiger charge is 2.07. The lowest BCUT2D eigenvalue weighted by Gasteiger charge is -2.11. The molecule has 1 unspecified atom stereocenters. The number of carbonyl (C=O) groups excluding carboxylic acids is 1. The molecule has 3 nitrogen and oxygen atoms in total. The smallest absolute Gasteiger partial charge is 0.244 e. The van der Waals surface area contributed by atoms with Crippen LogP contribution in [0.5, 0.6) is 0 Å². The molecule has 1 aromatic carbocycles. The number of aliphatic hydroxyl groups is 1. The zero-order valence-electron chi connectivity index (χ0n) is 10.6. The van der Waals surface area contributed by atoms with E-state index < -0.39 is 0 Å². The van der Waals surface area contributed by atoms with Gasteiger partial charge in [-0.1, -0.05) is 18.2 Å². The van der Waals surface area contributed by atoms with Gasteiger partial charge in [0.25, 0.3) is 0 Å². The number of aliphatic hydroxyl groups excluding tert-OH is 1. The van der Waals surface area contributed by atoms with E-state index in [-0.39, 0.29) is 24.4 Å². The Bertz CT molecular complexity index is 443. The van der Waals surface area contributed by atoms with Crippen LogP contribution in [0.3, 0.4) is 0 Å². The number of nitrogens with one attached hydrogen (secondary N) is 1. The van der Waals surface area contributed by atoms with Gasteiger partial charge in [-0.25, -0.2) is 4.39 Å². The molecule has 18 heavy (non-hydrogen) atoms. The zero-order chi connectivity index (χ0) is 13.5. The fourth-order valence-corrected chi connectivity index (χ4v) is 1.61. The van der Waals surface area contributed by atoms with Gasteiger partial charge in [0.15, 0.2) is 0 Å². The largest absolute Gasteiger partial charge is 0.396 e. The number of amides is 1. The van der Waals surface area contributed by atoms with Crippen molar-refractivity contribution in [2.24, 2.45) is 0 Å². The van der Waals surface area contributed by atoms with E-state index in [9.17, 15) is 9.18 Å². The molecule has 2 N–H and O–H groups in total. The van der Waals surface area contributed by atoms with E-state index in [1.54, 1.807) is 32.0 Å². The normalized spacial score (nSPS) is 13.2. The number of hydrogen-bond donors (Lipinski definition) is 2. The Morgan fingerprint density at radius 3 is 2.78 bits per heavy atom. The molecule has 0 fully saturated rings. The summed E-state index contributed by atoms with van der Waals surface area (Å²) in [6, 6.07) is 6.22. The Balaban J connectivity index is 2.72. The first-order chi connectivity index (χ1) is 8.54. The Morgan fingerprint density at radius 1 is 1.50 bits per heavy atom. The summed E-state index contributed by atoms with van der Waals surface area (Å²) in [7, 11) is 0. The molecule has 0 aliphatic heterocycles. The third kappa shape index (κ3) is 4.30. The van der Waals surface area contributed by atoms with Gasteiger partial charge in [0.1, 0.15) is 5.82 Å². The van der Waals surface area contributed by atoms with Gasteiger partial charge in [-0.05, 0) is 31.9 Å². The molecule has 0 bridgehead atoms. The number of hydrogen-bond acceptors (Lipinski definition) is 2. The van der Waals surface area contributed by atoms with E-state index in [1.165, 1.54) is 12.1 Å². The van der Waals surface area contributed by atoms with E-state index in [0.717, 1.165) is 0 Å². The monoisotopic (exact) mass is 251 g/mol. The van der Waals surface area contributed by atoms with Gasteiger partial charge in [0.2, 0.25) is 5.91 Å². The molecule has 0 heterocycles. The number of carbonyl (C=O) groups is 1. The van der Waals surface area contributed by atoms with Crippen LogP contribution in [-0.2, 0) is 4.79 Å². The molecule has 0 saturated carbocycles. The van der Waals surface area contributed by atoms with E-state index in [4.69, 9.17) is 5.11 Å². The van der Waals surface area contributed by atoms with Crippen molar-refractivity contribution in [1.29, 1.82) is 0 Å². The molecule has 1 rings (SSSR count). The van der Waals surface area contributed by atoms with Crippen LogP contribution in [0.4, 0.5) is 4.39 Å². The van der Waals surface area contributed by atoms with Crippen molar-refractivity contribution in [3.63, 3.8) is 0 Å². The highest BCUT2D eigenvalue weighted by molar-refractivity contribution is 5.95. The van der Waals surface area contributed by atoms with Gasteiger partial charge in [0.05, 0.1) is 0 Å². The molecular weight excluding hydrogens is 233 g/mol. The number of halogens is 1. The van der Waals surface area contributed by atoms with E-state index >= 15 is 0 Å². The van der Waals surface area contributed by atoms with Crippen LogP contribution in [-0.4, -0.2) is 23.7 Å². The molecule has 0 aromatic heterocycles. The van der Waals surface area contributed by atoms with Gasteiger partial charge < -0.3 is 10.4 Å². The molecule has 0 radical (unpaired) electrons. The summed E-state index contributed by atoms with van der Waals surface area (Å²) in [5.41, 5.74) is 0.990. The summed E-state index contributed by atoms with van der Waals surface area (Å²) in [5.74, 6) is -0.626. The predicted octanol–water partition coefficient (Wildman–Crippen LogP) is 2.12. The molecule has 1 amide bonds. The van der Waals surface area contributed by atoms with Crippen LogP contribution in [0.15, 0.2) is 30.3 Å². The quantitative estimate of drug-likeness (QED) is 0.787. The summed E-state index contributed by atoms with van der Waals surface area (Å²) < 4.78 is 13.5. The molecule has 0 aliphatic rings. The summed E-state index contributed by atoms with van der Waals surface area (Å²) >= 11 is 0. The SMILES string of the molecule is C/C(=C/C(=O)NC(C)CCO)c1ccccc1F. The van der Waals surface area contributed by atoms with Gasteiger partial charge in [-0.15, -0.1) is 0 Å². The van der Waals surface area contributed by atoms with Crippen molar-refractivity contribution in [1.82, 2.24) is 5.32 Å². The molecule has 1 aromatic rings. The van der Waals surface area contributed by atoms with Gasteiger partial charge >= 0.3 is 0 Å². The topological polar surface area (TPSA) is 49.3 Å². The van der Waals surface area contributed by atoms with E-state index in [0.29, 0.717) is 17.6 Å². The van der Waals surface area contributed by atoms with Gasteiger partial charge in [-0.2, -0.15) is 0 Å². The standard InChI is InChI=1S/C14H18FNO2/c1-10(12-5-3-4-6-13(12)15)9-14(18)16-11(2)7-8-17/h3-6,9,11,17H,7-8H2,1-2H3,(H,16,18)/b10-9-. The van der Waals surface area contributed by atoms with Crippen molar-refractivity contribution in [3.8, 4) is 0 Å². The Hall–Kier alpha value is -1.68. The maximum absolute atomic E-state index is 13.5. The van der Waals surface area contributed by atoms with Crippen LogP contribution in [0.25, 0.3) is 5.57 Å². The molecule has 1 atom stereocenters. The minimum Gasteiger partial charge on any atom is -0.396 e. The number of rotatable bonds is 5. The lowest BCUT2D eigenvalue weighted by molar-refractivity contribution is -0.117. The second kappa shape index (κ2) is 6.91. The minimum atomic E-state index is -0.345. The first-order valence-corrected chi connectivity index (χ1v) is 5.89. The summed E-state index contributed by atoms with van der Waals surface area (Å²) in [4.78, 5) is 11.6. The molecular formula is C14H18FNO2. The average molecular weight is 251 g/mol. The lowest BCUT2D eigenvalue weighted by Crippen LogP contribution is -2.31. The maximum atomic E-state index is 13.5. The highest BCUT2D eigenvalue weighted by atomic mass is 19.1. The minimum absolute atomic E-state index is 0.0253. The van der Waals surface area contributed by atoms with Gasteiger partial charge in [0, 0.05) is 24.3 Å². The first-order valence-electron chi connectivity index (χ1n) is 5.89. The van der Waals surface area contributed by atoms with Crippen molar-refractivity contribution < 1.29 is 14.3 Å². The zero-order valence-corrected chi connectivity index (χ0v) is 10.6. The van der Waals surface area contributed by atoms with E-state index in [2.05, 4.69) is 5.32 Å². The second-order valence-corrected chi connectivity index (χ2v) is 4.23. The van der Waals surface area contributed by atoms with Crippen molar-refractivity contribution in [2.75, 3.05) is 6.61 Å². The fourth-order valence-electron chi connectivity index (χ4n) is 1.61. The Labute approximate surface area is 106 Å². The Morgan fingerprint density at radius 2 is 2.17 bits per heavy atom. The van der Waals surface area contributed by atoms with Crippen LogP contribution < -0.4 is 5.32 Å². The maximum Gasteiger partial charge on any atom is 0.244 e. The van der Waals surface area contributed by atoms with E-state index in [1.807, 2.05) is 0 Å². The van der Waals surface area contributed by atoms with Crippen molar-refractivity contribution >= 4 is 11.5 Å². The average Bonchev–Trinajstić information content (AvgIpc) is 2.29. The van der Waals surface area contributed by atoms with Crippen molar-refractivity contribution in [2.45, 2.75) is 26.3 Å². The third-order valence-electron chi connectivity index (χ3n) is 2.60. The second-order valence-electron chi connectivity index (χ2n) is 4.23. The lowest BCUT2D eigenvalue weighted by atomic mass is 10.1. The third-order valence-corrected chi connectivity index (χ3v) is 2.60. The Kier molecular flexibility index (Phi) is 5.52. The summed E-state index contributed by atoms with van der Waals surface area (Å²) in [6.07, 6.45) is 1.87.